The van der Waals surface area contributed by atoms with Gasteiger partial charge in [-0.1, -0.05) is 19.8 Å². The molecule has 1 saturated heterocycles. The van der Waals surface area contributed by atoms with Crippen molar-refractivity contribution in [3.8, 4) is 0 Å². The molecule has 1 N–H and O–H groups in total. The number of nitrogens with one attached hydrogen (secondary N) is 1. The maximum absolute atomic E-state index is 12.3. The molecule has 16 heavy (non-hydrogen) atoms. The van der Waals surface area contributed by atoms with Crippen molar-refractivity contribution in [1.29, 1.82) is 0 Å². The third kappa shape index (κ3) is 1.60. The van der Waals surface area contributed by atoms with Gasteiger partial charge in [0.1, 0.15) is 0 Å². The summed E-state index contributed by atoms with van der Waals surface area (Å²) in [6.07, 6.45) is 4.76. The van der Waals surface area contributed by atoms with Crippen LogP contribution in [0, 0.1) is 5.41 Å². The summed E-state index contributed by atoms with van der Waals surface area (Å²) in [6.45, 7) is 4.61. The van der Waals surface area contributed by atoms with Crippen LogP contribution < -0.4 is 5.32 Å². The Bertz CT molecular complexity index is 316. The smallest absolute Gasteiger partial charge is 0.324 e. The largest absolute Gasteiger partial charge is 0.334 e. The van der Waals surface area contributed by atoms with E-state index in [1.807, 2.05) is 6.92 Å². The lowest BCUT2D eigenvalue weighted by Gasteiger charge is -2.40. The fourth-order valence-electron chi connectivity index (χ4n) is 2.80. The van der Waals surface area contributed by atoms with Crippen molar-refractivity contribution in [2.45, 2.75) is 52.0 Å². The quantitative estimate of drug-likeness (QED) is 0.796. The highest BCUT2D eigenvalue weighted by Crippen LogP contribution is 2.41. The van der Waals surface area contributed by atoms with Gasteiger partial charge in [0.2, 0.25) is 5.91 Å². The van der Waals surface area contributed by atoms with E-state index in [1.165, 1.54) is 4.90 Å². The fourth-order valence-corrected chi connectivity index (χ4v) is 2.80. The number of nitrogens with zero attached hydrogens (tertiary/aromatic N) is 1. The third-order valence-electron chi connectivity index (χ3n) is 3.97. The Labute approximate surface area is 96.4 Å². The van der Waals surface area contributed by atoms with Crippen LogP contribution in [0.1, 0.15) is 46.0 Å². The standard InChI is InChI=1S/C12H20N2O2/c1-3-4-8-14-10(15)12(2)7-5-6-9(12)13-11(14)16/h9H,3-8H2,1-2H3,(H,13,16). The van der Waals surface area contributed by atoms with Gasteiger partial charge in [-0.15, -0.1) is 0 Å². The van der Waals surface area contributed by atoms with E-state index >= 15 is 0 Å². The highest BCUT2D eigenvalue weighted by atomic mass is 16.2. The molecule has 0 aromatic carbocycles. The minimum Gasteiger partial charge on any atom is -0.334 e. The summed E-state index contributed by atoms with van der Waals surface area (Å²) < 4.78 is 0. The zero-order valence-corrected chi connectivity index (χ0v) is 10.1. The number of hydrogen-bond acceptors (Lipinski definition) is 2. The Balaban J connectivity index is 2.15. The van der Waals surface area contributed by atoms with Crippen LogP contribution in [0.25, 0.3) is 0 Å². The minimum atomic E-state index is -0.346. The average molecular weight is 224 g/mol. The molecule has 2 rings (SSSR count). The maximum atomic E-state index is 12.3. The highest BCUT2D eigenvalue weighted by Gasteiger charge is 2.52. The van der Waals surface area contributed by atoms with Gasteiger partial charge in [0.15, 0.2) is 0 Å². The van der Waals surface area contributed by atoms with Gasteiger partial charge in [-0.25, -0.2) is 4.79 Å². The maximum Gasteiger partial charge on any atom is 0.324 e. The summed E-state index contributed by atoms with van der Waals surface area (Å²) in [4.78, 5) is 25.5. The SMILES string of the molecule is CCCCN1C(=O)NC2CCCC2(C)C1=O. The number of hydrogen-bond donors (Lipinski definition) is 1. The van der Waals surface area contributed by atoms with Gasteiger partial charge in [0.25, 0.3) is 0 Å². The van der Waals surface area contributed by atoms with E-state index in [9.17, 15) is 9.59 Å². The fraction of sp³-hybridized carbons (Fsp3) is 0.833. The summed E-state index contributed by atoms with van der Waals surface area (Å²) in [5.41, 5.74) is -0.346. The van der Waals surface area contributed by atoms with Crippen LogP contribution in [0.5, 0.6) is 0 Å². The molecular formula is C12H20N2O2. The monoisotopic (exact) mass is 224 g/mol. The number of amides is 3. The van der Waals surface area contributed by atoms with Crippen LogP contribution in [0.2, 0.25) is 0 Å². The highest BCUT2D eigenvalue weighted by molar-refractivity contribution is 6.00. The summed E-state index contributed by atoms with van der Waals surface area (Å²) in [7, 11) is 0. The molecule has 0 radical (unpaired) electrons. The Morgan fingerprint density at radius 2 is 2.25 bits per heavy atom. The van der Waals surface area contributed by atoms with Crippen LogP contribution in [-0.4, -0.2) is 29.4 Å². The lowest BCUT2D eigenvalue weighted by molar-refractivity contribution is -0.141. The molecule has 1 aliphatic heterocycles. The molecule has 2 atom stereocenters. The molecule has 2 aliphatic rings. The Hall–Kier alpha value is -1.06. The minimum absolute atomic E-state index is 0.0344. The molecule has 2 fully saturated rings. The molecule has 4 heteroatoms. The van der Waals surface area contributed by atoms with Gasteiger partial charge in [-0.05, 0) is 26.2 Å². The molecule has 0 aromatic rings. The Morgan fingerprint density at radius 1 is 1.50 bits per heavy atom. The van der Waals surface area contributed by atoms with Crippen molar-refractivity contribution >= 4 is 11.9 Å². The summed E-state index contributed by atoms with van der Waals surface area (Å²) in [5.74, 6) is 0.0344. The van der Waals surface area contributed by atoms with Crippen LogP contribution in [0.4, 0.5) is 4.79 Å². The molecule has 2 unspecified atom stereocenters. The molecule has 1 heterocycles. The van der Waals surface area contributed by atoms with Crippen LogP contribution >= 0.6 is 0 Å². The molecule has 4 nitrogen and oxygen atoms in total. The first kappa shape index (κ1) is 11.4. The van der Waals surface area contributed by atoms with E-state index in [0.717, 1.165) is 32.1 Å². The lowest BCUT2D eigenvalue weighted by atomic mass is 9.81. The first-order valence-corrected chi connectivity index (χ1v) is 6.22. The second kappa shape index (κ2) is 4.07. The predicted molar refractivity (Wildman–Crippen MR) is 60.9 cm³/mol. The molecule has 0 aromatic heterocycles. The first-order valence-electron chi connectivity index (χ1n) is 6.22. The van der Waals surface area contributed by atoms with Gasteiger partial charge in [0, 0.05) is 12.6 Å². The number of rotatable bonds is 3. The van der Waals surface area contributed by atoms with Gasteiger partial charge in [0.05, 0.1) is 5.41 Å². The van der Waals surface area contributed by atoms with Gasteiger partial charge in [-0.2, -0.15) is 0 Å². The van der Waals surface area contributed by atoms with Crippen LogP contribution in [-0.2, 0) is 4.79 Å². The third-order valence-corrected chi connectivity index (χ3v) is 3.97. The number of imide groups is 1. The first-order chi connectivity index (χ1) is 7.59. The summed E-state index contributed by atoms with van der Waals surface area (Å²) in [6, 6.07) is -0.131. The predicted octanol–water partition coefficient (Wildman–Crippen LogP) is 1.90. The van der Waals surface area contributed by atoms with E-state index < -0.39 is 0 Å². The van der Waals surface area contributed by atoms with Crippen molar-refractivity contribution in [2.75, 3.05) is 6.54 Å². The van der Waals surface area contributed by atoms with Gasteiger partial charge >= 0.3 is 6.03 Å². The van der Waals surface area contributed by atoms with Crippen molar-refractivity contribution in [3.63, 3.8) is 0 Å². The molecule has 1 aliphatic carbocycles. The number of carbonyl (C=O) groups excluding carboxylic acids is 2. The zero-order chi connectivity index (χ0) is 11.8. The van der Waals surface area contributed by atoms with Gasteiger partial charge < -0.3 is 5.32 Å². The van der Waals surface area contributed by atoms with Gasteiger partial charge in [-0.3, -0.25) is 9.69 Å². The number of carbonyl (C=O) groups is 2. The lowest BCUT2D eigenvalue weighted by Crippen LogP contribution is -2.63. The van der Waals surface area contributed by atoms with Crippen molar-refractivity contribution in [1.82, 2.24) is 10.2 Å². The Kier molecular flexibility index (Phi) is 2.91. The van der Waals surface area contributed by atoms with Crippen LogP contribution in [0.15, 0.2) is 0 Å². The average Bonchev–Trinajstić information content (AvgIpc) is 2.61. The molecule has 90 valence electrons. The molecular weight excluding hydrogens is 204 g/mol. The summed E-state index contributed by atoms with van der Waals surface area (Å²) >= 11 is 0. The number of unbranched alkanes of at least 4 members (excludes halogenated alkanes) is 1. The molecule has 3 amide bonds. The molecule has 0 spiro atoms. The topological polar surface area (TPSA) is 49.4 Å². The van der Waals surface area contributed by atoms with Crippen molar-refractivity contribution in [3.05, 3.63) is 0 Å². The van der Waals surface area contributed by atoms with E-state index in [1.54, 1.807) is 0 Å². The normalized spacial score (nSPS) is 33.9. The van der Waals surface area contributed by atoms with E-state index in [0.29, 0.717) is 6.54 Å². The summed E-state index contributed by atoms with van der Waals surface area (Å²) in [5, 5.41) is 2.97. The number of fused-ring (bicyclic) bond motifs is 1. The Morgan fingerprint density at radius 3 is 2.94 bits per heavy atom. The van der Waals surface area contributed by atoms with E-state index in [-0.39, 0.29) is 23.4 Å². The van der Waals surface area contributed by atoms with E-state index in [4.69, 9.17) is 0 Å². The van der Waals surface area contributed by atoms with Crippen LogP contribution in [0.3, 0.4) is 0 Å². The zero-order valence-electron chi connectivity index (χ0n) is 10.1. The van der Waals surface area contributed by atoms with Crippen molar-refractivity contribution in [2.24, 2.45) is 5.41 Å². The number of urea groups is 1. The molecule has 0 bridgehead atoms. The van der Waals surface area contributed by atoms with E-state index in [2.05, 4.69) is 12.2 Å². The second-order valence-electron chi connectivity index (χ2n) is 5.12. The molecule has 1 saturated carbocycles. The van der Waals surface area contributed by atoms with Crippen molar-refractivity contribution < 1.29 is 9.59 Å². The second-order valence-corrected chi connectivity index (χ2v) is 5.12.